The van der Waals surface area contributed by atoms with E-state index < -0.39 is 0 Å². The van der Waals surface area contributed by atoms with Gasteiger partial charge in [0, 0.05) is 31.2 Å². The molecule has 0 unspecified atom stereocenters. The summed E-state index contributed by atoms with van der Waals surface area (Å²) >= 11 is 0. The van der Waals surface area contributed by atoms with Crippen LogP contribution in [0.25, 0.3) is 0 Å². The predicted octanol–water partition coefficient (Wildman–Crippen LogP) is 7.65. The lowest BCUT2D eigenvalue weighted by Gasteiger charge is -2.11. The summed E-state index contributed by atoms with van der Waals surface area (Å²) in [5, 5.41) is 3.56. The molecule has 0 amide bonds. The molecule has 0 atom stereocenters. The molecule has 0 radical (unpaired) electrons. The van der Waals surface area contributed by atoms with Gasteiger partial charge in [0.1, 0.15) is 0 Å². The molecule has 0 bridgehead atoms. The number of nitrogens with one attached hydrogen (secondary N) is 1. The summed E-state index contributed by atoms with van der Waals surface area (Å²) in [5.74, 6) is 0.176. The van der Waals surface area contributed by atoms with Crippen LogP contribution in [0, 0.1) is 0 Å². The van der Waals surface area contributed by atoms with E-state index in [4.69, 9.17) is 0 Å². The van der Waals surface area contributed by atoms with Crippen molar-refractivity contribution in [3.8, 4) is 0 Å². The Labute approximate surface area is 193 Å². The highest BCUT2D eigenvalue weighted by molar-refractivity contribution is 5.90. The molecule has 182 valence electrons. The third kappa shape index (κ3) is 21.7. The second-order valence-corrected chi connectivity index (χ2v) is 8.84. The summed E-state index contributed by atoms with van der Waals surface area (Å²) in [6.45, 7) is 5.43. The highest BCUT2D eigenvalue weighted by Gasteiger charge is 2.04. The van der Waals surface area contributed by atoms with Crippen molar-refractivity contribution in [2.45, 2.75) is 136 Å². The van der Waals surface area contributed by atoms with Crippen LogP contribution in [0.15, 0.2) is 11.8 Å². The SMILES string of the molecule is CCCCCCCCN/C(=C\C(=O)CCCCCC)CCCCCCCCC(=O)OC. The van der Waals surface area contributed by atoms with E-state index in [1.165, 1.54) is 71.3 Å². The van der Waals surface area contributed by atoms with Crippen LogP contribution >= 0.6 is 0 Å². The third-order valence-corrected chi connectivity index (χ3v) is 5.80. The first-order valence-electron chi connectivity index (χ1n) is 13.2. The Hall–Kier alpha value is -1.32. The molecule has 0 aliphatic rings. The van der Waals surface area contributed by atoms with Crippen molar-refractivity contribution in [3.63, 3.8) is 0 Å². The number of unbranched alkanes of at least 4 members (excludes halogenated alkanes) is 13. The van der Waals surface area contributed by atoms with Crippen molar-refractivity contribution >= 4 is 11.8 Å². The van der Waals surface area contributed by atoms with Crippen molar-refractivity contribution in [2.75, 3.05) is 13.7 Å². The number of rotatable bonds is 23. The fraction of sp³-hybridized carbons (Fsp3) is 0.852. The monoisotopic (exact) mass is 437 g/mol. The third-order valence-electron chi connectivity index (χ3n) is 5.80. The number of carbonyl (C=O) groups excluding carboxylic acids is 2. The van der Waals surface area contributed by atoms with Crippen molar-refractivity contribution in [1.82, 2.24) is 5.32 Å². The topological polar surface area (TPSA) is 55.4 Å². The van der Waals surface area contributed by atoms with Crippen molar-refractivity contribution in [1.29, 1.82) is 0 Å². The average molecular weight is 438 g/mol. The minimum Gasteiger partial charge on any atom is -0.469 e. The molecule has 0 rings (SSSR count). The summed E-state index contributed by atoms with van der Waals surface area (Å²) in [4.78, 5) is 23.5. The van der Waals surface area contributed by atoms with E-state index >= 15 is 0 Å². The van der Waals surface area contributed by atoms with Crippen LogP contribution in [0.4, 0.5) is 0 Å². The van der Waals surface area contributed by atoms with Gasteiger partial charge in [0.25, 0.3) is 0 Å². The van der Waals surface area contributed by atoms with Crippen LogP contribution in [0.1, 0.15) is 136 Å². The number of hydrogen-bond donors (Lipinski definition) is 1. The van der Waals surface area contributed by atoms with Gasteiger partial charge in [-0.25, -0.2) is 0 Å². The summed E-state index contributed by atoms with van der Waals surface area (Å²) in [6.07, 6.45) is 23.1. The van der Waals surface area contributed by atoms with E-state index in [0.29, 0.717) is 12.8 Å². The van der Waals surface area contributed by atoms with Crippen LogP contribution in [-0.4, -0.2) is 25.4 Å². The highest BCUT2D eigenvalue weighted by Crippen LogP contribution is 2.13. The molecule has 0 aromatic rings. The van der Waals surface area contributed by atoms with Gasteiger partial charge in [-0.05, 0) is 32.1 Å². The minimum atomic E-state index is -0.106. The van der Waals surface area contributed by atoms with Gasteiger partial charge in [-0.3, -0.25) is 9.59 Å². The second kappa shape index (κ2) is 23.3. The Kier molecular flexibility index (Phi) is 22.4. The number of esters is 1. The fourth-order valence-electron chi connectivity index (χ4n) is 3.75. The van der Waals surface area contributed by atoms with Crippen LogP contribution in [-0.2, 0) is 14.3 Å². The predicted molar refractivity (Wildman–Crippen MR) is 132 cm³/mol. The first-order chi connectivity index (χ1) is 15.1. The van der Waals surface area contributed by atoms with Gasteiger partial charge in [-0.1, -0.05) is 90.9 Å². The number of allylic oxidation sites excluding steroid dienone is 2. The lowest BCUT2D eigenvalue weighted by atomic mass is 10.0. The Morgan fingerprint density at radius 2 is 1.13 bits per heavy atom. The zero-order valence-corrected chi connectivity index (χ0v) is 20.9. The van der Waals surface area contributed by atoms with E-state index in [9.17, 15) is 9.59 Å². The largest absolute Gasteiger partial charge is 0.469 e. The summed E-state index contributed by atoms with van der Waals surface area (Å²) in [7, 11) is 1.45. The first kappa shape index (κ1) is 29.7. The summed E-state index contributed by atoms with van der Waals surface area (Å²) in [5.41, 5.74) is 1.14. The molecule has 0 aromatic carbocycles. The normalized spacial score (nSPS) is 11.5. The molecular weight excluding hydrogens is 386 g/mol. The Morgan fingerprint density at radius 3 is 1.74 bits per heavy atom. The van der Waals surface area contributed by atoms with E-state index in [0.717, 1.165) is 57.2 Å². The Morgan fingerprint density at radius 1 is 0.645 bits per heavy atom. The molecule has 31 heavy (non-hydrogen) atoms. The fourth-order valence-corrected chi connectivity index (χ4v) is 3.75. The minimum absolute atomic E-state index is 0.106. The van der Waals surface area contributed by atoms with E-state index in [1.54, 1.807) is 0 Å². The molecule has 4 heteroatoms. The molecule has 0 aliphatic carbocycles. The van der Waals surface area contributed by atoms with Gasteiger partial charge < -0.3 is 10.1 Å². The maximum Gasteiger partial charge on any atom is 0.305 e. The number of ketones is 1. The van der Waals surface area contributed by atoms with Gasteiger partial charge in [-0.15, -0.1) is 0 Å². The quantitative estimate of drug-likeness (QED) is 0.101. The maximum absolute atomic E-state index is 12.4. The smallest absolute Gasteiger partial charge is 0.305 e. The molecule has 0 spiro atoms. The molecular formula is C27H51NO3. The van der Waals surface area contributed by atoms with Gasteiger partial charge >= 0.3 is 5.97 Å². The van der Waals surface area contributed by atoms with Crippen LogP contribution < -0.4 is 5.32 Å². The Bertz CT molecular complexity index is 459. The highest BCUT2D eigenvalue weighted by atomic mass is 16.5. The second-order valence-electron chi connectivity index (χ2n) is 8.84. The van der Waals surface area contributed by atoms with E-state index in [-0.39, 0.29) is 11.8 Å². The van der Waals surface area contributed by atoms with Crippen LogP contribution in [0.2, 0.25) is 0 Å². The molecule has 0 aromatic heterocycles. The lowest BCUT2D eigenvalue weighted by Crippen LogP contribution is -2.16. The van der Waals surface area contributed by atoms with Crippen LogP contribution in [0.3, 0.4) is 0 Å². The lowest BCUT2D eigenvalue weighted by molar-refractivity contribution is -0.140. The summed E-state index contributed by atoms with van der Waals surface area (Å²) < 4.78 is 4.67. The first-order valence-corrected chi connectivity index (χ1v) is 13.2. The van der Waals surface area contributed by atoms with E-state index in [1.807, 2.05) is 6.08 Å². The molecule has 1 N–H and O–H groups in total. The molecule has 0 fully saturated rings. The van der Waals surface area contributed by atoms with Crippen molar-refractivity contribution in [2.24, 2.45) is 0 Å². The molecule has 0 aliphatic heterocycles. The van der Waals surface area contributed by atoms with Crippen molar-refractivity contribution < 1.29 is 14.3 Å². The Balaban J connectivity index is 4.14. The van der Waals surface area contributed by atoms with Crippen molar-refractivity contribution in [3.05, 3.63) is 11.8 Å². The zero-order valence-electron chi connectivity index (χ0n) is 20.9. The van der Waals surface area contributed by atoms with Gasteiger partial charge in [0.05, 0.1) is 7.11 Å². The zero-order chi connectivity index (χ0) is 23.0. The average Bonchev–Trinajstić information content (AvgIpc) is 2.77. The van der Waals surface area contributed by atoms with E-state index in [2.05, 4.69) is 23.9 Å². The number of ether oxygens (including phenoxy) is 1. The van der Waals surface area contributed by atoms with Gasteiger partial charge in [-0.2, -0.15) is 0 Å². The standard InChI is InChI=1S/C27H51NO3/c1-4-6-8-10-15-19-23-28-25(24-26(29)21-17-9-7-5-2)20-16-13-11-12-14-18-22-27(30)31-3/h24,28H,4-23H2,1-3H3/b25-24-. The maximum atomic E-state index is 12.4. The van der Waals surface area contributed by atoms with Gasteiger partial charge in [0.2, 0.25) is 0 Å². The molecule has 4 nitrogen and oxygen atoms in total. The number of methoxy groups -OCH3 is 1. The molecule has 0 saturated heterocycles. The molecule has 0 saturated carbocycles. The summed E-state index contributed by atoms with van der Waals surface area (Å²) in [6, 6.07) is 0. The number of carbonyl (C=O) groups is 2. The van der Waals surface area contributed by atoms with Gasteiger partial charge in [0.15, 0.2) is 5.78 Å². The number of hydrogen-bond acceptors (Lipinski definition) is 4. The molecule has 0 heterocycles. The van der Waals surface area contributed by atoms with Crippen LogP contribution in [0.5, 0.6) is 0 Å².